The van der Waals surface area contributed by atoms with Crippen LogP contribution in [-0.4, -0.2) is 41.5 Å². The molecule has 2 fully saturated rings. The first-order chi connectivity index (χ1) is 17.8. The number of benzene rings is 1. The lowest BCUT2D eigenvalue weighted by atomic mass is 9.76. The van der Waals surface area contributed by atoms with Crippen LogP contribution in [0, 0.1) is 29.1 Å². The van der Waals surface area contributed by atoms with Gasteiger partial charge in [0.05, 0.1) is 11.5 Å². The Morgan fingerprint density at radius 1 is 1.03 bits per heavy atom. The number of esters is 3. The number of carbonyl (C=O) groups is 4. The van der Waals surface area contributed by atoms with Gasteiger partial charge >= 0.3 is 17.9 Å². The average Bonchev–Trinajstić information content (AvgIpc) is 3.24. The van der Waals surface area contributed by atoms with Gasteiger partial charge in [-0.15, -0.1) is 0 Å². The highest BCUT2D eigenvalue weighted by molar-refractivity contribution is 6.03. The molecule has 0 radical (unpaired) electrons. The third-order valence-corrected chi connectivity index (χ3v) is 8.77. The van der Waals surface area contributed by atoms with Crippen molar-refractivity contribution in [2.45, 2.75) is 78.6 Å². The first-order valence-electron chi connectivity index (χ1n) is 13.3. The first-order valence-corrected chi connectivity index (χ1v) is 13.3. The first kappa shape index (κ1) is 27.8. The van der Waals surface area contributed by atoms with Gasteiger partial charge in [0.25, 0.3) is 0 Å². The normalized spacial score (nSPS) is 35.5. The molecule has 0 spiro atoms. The third kappa shape index (κ3) is 4.95. The molecule has 0 bridgehead atoms. The molecular weight excluding hydrogens is 484 g/mol. The lowest BCUT2D eigenvalue weighted by molar-refractivity contribution is -0.179. The molecule has 3 aliphatic rings. The SMILES string of the molecule is C=C1CC[C@H]2[C@@H](/C=C(\C)C(=O)[C@@]3(OC(C)=O)C[C@H](C)[C@H](OC(=O)c4ccccc4)[C@@H]3[C@H]1OC(C)=O)C2(C)C. The van der Waals surface area contributed by atoms with Gasteiger partial charge in [-0.05, 0) is 66.2 Å². The summed E-state index contributed by atoms with van der Waals surface area (Å²) >= 11 is 0. The Balaban J connectivity index is 1.87. The summed E-state index contributed by atoms with van der Waals surface area (Å²) in [6.07, 6.45) is 1.63. The Bertz CT molecular complexity index is 1180. The molecule has 0 aromatic heterocycles. The van der Waals surface area contributed by atoms with Crippen molar-refractivity contribution in [2.75, 3.05) is 0 Å². The fraction of sp³-hybridized carbons (Fsp3) is 0.548. The zero-order valence-corrected chi connectivity index (χ0v) is 23.1. The minimum Gasteiger partial charge on any atom is -0.458 e. The second-order valence-electron chi connectivity index (χ2n) is 11.8. The summed E-state index contributed by atoms with van der Waals surface area (Å²) in [5.41, 5.74) is -0.203. The molecule has 4 rings (SSSR count). The summed E-state index contributed by atoms with van der Waals surface area (Å²) in [5.74, 6) is -2.89. The quantitative estimate of drug-likeness (QED) is 0.303. The van der Waals surface area contributed by atoms with Gasteiger partial charge in [-0.3, -0.25) is 14.4 Å². The number of fused-ring (bicyclic) bond motifs is 2. The lowest BCUT2D eigenvalue weighted by Gasteiger charge is -2.39. The van der Waals surface area contributed by atoms with E-state index in [9.17, 15) is 19.2 Å². The molecular formula is C31H38O7. The van der Waals surface area contributed by atoms with E-state index in [1.54, 1.807) is 37.3 Å². The molecule has 0 N–H and O–H groups in total. The van der Waals surface area contributed by atoms with Crippen molar-refractivity contribution in [3.63, 3.8) is 0 Å². The van der Waals surface area contributed by atoms with Gasteiger partial charge in [-0.1, -0.05) is 51.6 Å². The summed E-state index contributed by atoms with van der Waals surface area (Å²) in [5, 5.41) is 0. The molecule has 3 aliphatic carbocycles. The topological polar surface area (TPSA) is 96.0 Å². The van der Waals surface area contributed by atoms with E-state index < -0.39 is 41.6 Å². The Hall–Kier alpha value is -3.22. The van der Waals surface area contributed by atoms with Crippen molar-refractivity contribution < 1.29 is 33.4 Å². The largest absolute Gasteiger partial charge is 0.458 e. The lowest BCUT2D eigenvalue weighted by Crippen LogP contribution is -2.55. The predicted molar refractivity (Wildman–Crippen MR) is 141 cm³/mol. The fourth-order valence-electron chi connectivity index (χ4n) is 6.80. The Morgan fingerprint density at radius 2 is 1.68 bits per heavy atom. The molecule has 204 valence electrons. The molecule has 7 atom stereocenters. The Labute approximate surface area is 224 Å². The third-order valence-electron chi connectivity index (χ3n) is 8.77. The average molecular weight is 523 g/mol. The fourth-order valence-corrected chi connectivity index (χ4v) is 6.80. The monoisotopic (exact) mass is 522 g/mol. The number of ether oxygens (including phenoxy) is 3. The van der Waals surface area contributed by atoms with Gasteiger partial charge in [0.2, 0.25) is 5.78 Å². The Kier molecular flexibility index (Phi) is 7.43. The molecule has 0 saturated heterocycles. The van der Waals surface area contributed by atoms with Gasteiger partial charge in [-0.25, -0.2) is 4.79 Å². The second kappa shape index (κ2) is 10.2. The molecule has 1 aromatic carbocycles. The van der Waals surface area contributed by atoms with Gasteiger partial charge in [0.15, 0.2) is 5.60 Å². The number of rotatable bonds is 4. The molecule has 0 unspecified atom stereocenters. The van der Waals surface area contributed by atoms with E-state index >= 15 is 0 Å². The number of ketones is 1. The van der Waals surface area contributed by atoms with Gasteiger partial charge in [-0.2, -0.15) is 0 Å². The number of carbonyl (C=O) groups excluding carboxylic acids is 4. The summed E-state index contributed by atoms with van der Waals surface area (Å²) in [6, 6.07) is 8.56. The minimum absolute atomic E-state index is 0.0165. The zero-order valence-electron chi connectivity index (χ0n) is 23.1. The summed E-state index contributed by atoms with van der Waals surface area (Å²) in [4.78, 5) is 52.4. The van der Waals surface area contributed by atoms with Crippen molar-refractivity contribution >= 4 is 23.7 Å². The maximum Gasteiger partial charge on any atom is 0.338 e. The molecule has 1 aromatic rings. The number of hydrogen-bond donors (Lipinski definition) is 0. The van der Waals surface area contributed by atoms with Crippen LogP contribution < -0.4 is 0 Å². The maximum absolute atomic E-state index is 14.3. The van der Waals surface area contributed by atoms with Gasteiger partial charge < -0.3 is 14.2 Å². The molecule has 2 saturated carbocycles. The summed E-state index contributed by atoms with van der Waals surface area (Å²) in [7, 11) is 0. The van der Waals surface area contributed by atoms with Crippen LogP contribution in [0.25, 0.3) is 0 Å². The van der Waals surface area contributed by atoms with Gasteiger partial charge in [0.1, 0.15) is 12.2 Å². The molecule has 38 heavy (non-hydrogen) atoms. The highest BCUT2D eigenvalue weighted by Gasteiger charge is 2.65. The highest BCUT2D eigenvalue weighted by atomic mass is 16.6. The van der Waals surface area contributed by atoms with E-state index in [4.69, 9.17) is 14.2 Å². The smallest absolute Gasteiger partial charge is 0.338 e. The summed E-state index contributed by atoms with van der Waals surface area (Å²) < 4.78 is 17.9. The molecule has 0 amide bonds. The van der Waals surface area contributed by atoms with Crippen molar-refractivity contribution in [1.82, 2.24) is 0 Å². The van der Waals surface area contributed by atoms with E-state index in [0.29, 0.717) is 29.0 Å². The van der Waals surface area contributed by atoms with Crippen LogP contribution >= 0.6 is 0 Å². The summed E-state index contributed by atoms with van der Waals surface area (Å²) in [6.45, 7) is 14.8. The van der Waals surface area contributed by atoms with Crippen molar-refractivity contribution in [3.8, 4) is 0 Å². The van der Waals surface area contributed by atoms with Crippen LogP contribution in [0.3, 0.4) is 0 Å². The van der Waals surface area contributed by atoms with Crippen LogP contribution in [-0.2, 0) is 28.6 Å². The van der Waals surface area contributed by atoms with E-state index in [2.05, 4.69) is 20.4 Å². The van der Waals surface area contributed by atoms with Crippen LogP contribution in [0.5, 0.6) is 0 Å². The number of allylic oxidation sites excluding steroid dienone is 1. The standard InChI is InChI=1S/C31H38O7/c1-17-13-14-23-24(30(23,6)7)15-18(2)28(34)31(38-21(5)33)16-19(3)27(25(31)26(17)36-20(4)32)37-29(35)22-11-9-8-10-12-22/h8-12,15,19,23-27H,1,13-14,16H2,2-7H3/b18-15+/t19-,23-,24+,25-,26-,27-,31+/m0/s1. The second-order valence-corrected chi connectivity index (χ2v) is 11.8. The molecule has 7 nitrogen and oxygen atoms in total. The van der Waals surface area contributed by atoms with Crippen LogP contribution in [0.4, 0.5) is 0 Å². The van der Waals surface area contributed by atoms with Crippen LogP contribution in [0.2, 0.25) is 0 Å². The number of Topliss-reactive ketones (excluding diaryl/α,β-unsaturated/α-hetero) is 1. The van der Waals surface area contributed by atoms with E-state index in [1.807, 2.05) is 13.0 Å². The maximum atomic E-state index is 14.3. The minimum atomic E-state index is -1.69. The molecule has 0 heterocycles. The van der Waals surface area contributed by atoms with Gasteiger partial charge in [0, 0.05) is 20.3 Å². The predicted octanol–water partition coefficient (Wildman–Crippen LogP) is 5.24. The van der Waals surface area contributed by atoms with Crippen LogP contribution in [0.1, 0.15) is 71.2 Å². The zero-order chi connectivity index (χ0) is 28.0. The van der Waals surface area contributed by atoms with Crippen molar-refractivity contribution in [1.29, 1.82) is 0 Å². The highest BCUT2D eigenvalue weighted by Crippen LogP contribution is 2.62. The van der Waals surface area contributed by atoms with E-state index in [0.717, 1.165) is 6.42 Å². The molecule has 0 aliphatic heterocycles. The van der Waals surface area contributed by atoms with Crippen molar-refractivity contribution in [2.24, 2.45) is 29.1 Å². The van der Waals surface area contributed by atoms with E-state index in [1.165, 1.54) is 13.8 Å². The number of hydrogen-bond acceptors (Lipinski definition) is 7. The van der Waals surface area contributed by atoms with E-state index in [-0.39, 0.29) is 29.5 Å². The Morgan fingerprint density at radius 3 is 2.29 bits per heavy atom. The van der Waals surface area contributed by atoms with Crippen LogP contribution in [0.15, 0.2) is 54.1 Å². The van der Waals surface area contributed by atoms with Crippen molar-refractivity contribution in [3.05, 3.63) is 59.7 Å². The molecule has 7 heteroatoms.